The summed E-state index contributed by atoms with van der Waals surface area (Å²) in [6.07, 6.45) is 0. The molecule has 9 heteroatoms. The summed E-state index contributed by atoms with van der Waals surface area (Å²) in [4.78, 5) is 47.8. The third-order valence-corrected chi connectivity index (χ3v) is 4.62. The molecule has 0 amide bonds. The second kappa shape index (κ2) is 9.27. The molecule has 0 aliphatic carbocycles. The van der Waals surface area contributed by atoms with Crippen LogP contribution >= 0.6 is 11.6 Å². The molecule has 0 aliphatic heterocycles. The van der Waals surface area contributed by atoms with Gasteiger partial charge in [0, 0.05) is 17.2 Å². The summed E-state index contributed by atoms with van der Waals surface area (Å²) in [5, 5.41) is 10.9. The van der Waals surface area contributed by atoms with Crippen LogP contribution in [0.4, 0.5) is 10.1 Å². The molecule has 0 bridgehead atoms. The smallest absolute Gasteiger partial charge is 0.339 e. The molecule has 31 heavy (non-hydrogen) atoms. The third kappa shape index (κ3) is 4.81. The maximum Gasteiger partial charge on any atom is 0.339 e. The molecule has 0 N–H and O–H groups in total. The van der Waals surface area contributed by atoms with Crippen LogP contribution in [0, 0.1) is 15.9 Å². The molecule has 0 aliphatic rings. The summed E-state index contributed by atoms with van der Waals surface area (Å²) in [5.41, 5.74) is -0.969. The molecule has 0 saturated carbocycles. The van der Waals surface area contributed by atoms with Gasteiger partial charge in [0.25, 0.3) is 5.69 Å². The number of nitro benzene ring substituents is 1. The summed E-state index contributed by atoms with van der Waals surface area (Å²) < 4.78 is 18.7. The molecular formula is C22H13ClFNO6. The van der Waals surface area contributed by atoms with Crippen molar-refractivity contribution in [2.45, 2.75) is 0 Å². The van der Waals surface area contributed by atoms with Crippen molar-refractivity contribution in [3.05, 3.63) is 110 Å². The van der Waals surface area contributed by atoms with E-state index in [-0.39, 0.29) is 27.3 Å². The Morgan fingerprint density at radius 2 is 1.55 bits per heavy atom. The molecule has 7 nitrogen and oxygen atoms in total. The normalized spacial score (nSPS) is 10.4. The van der Waals surface area contributed by atoms with E-state index in [1.54, 1.807) is 0 Å². The van der Waals surface area contributed by atoms with Crippen LogP contribution in [0.1, 0.15) is 36.6 Å². The molecular weight excluding hydrogens is 429 g/mol. The van der Waals surface area contributed by atoms with Gasteiger partial charge in [-0.1, -0.05) is 41.9 Å². The van der Waals surface area contributed by atoms with Crippen molar-refractivity contribution in [1.29, 1.82) is 0 Å². The monoisotopic (exact) mass is 441 g/mol. The molecule has 3 rings (SSSR count). The van der Waals surface area contributed by atoms with E-state index in [0.29, 0.717) is 0 Å². The van der Waals surface area contributed by atoms with Gasteiger partial charge < -0.3 is 4.74 Å². The number of nitro groups is 1. The summed E-state index contributed by atoms with van der Waals surface area (Å²) in [5.74, 6) is -3.14. The van der Waals surface area contributed by atoms with E-state index in [1.807, 2.05) is 0 Å². The van der Waals surface area contributed by atoms with Gasteiger partial charge in [0.2, 0.25) is 5.78 Å². The first-order valence-corrected chi connectivity index (χ1v) is 9.20. The van der Waals surface area contributed by atoms with Crippen molar-refractivity contribution < 1.29 is 28.4 Å². The summed E-state index contributed by atoms with van der Waals surface area (Å²) in [7, 11) is 0. The number of hydrogen-bond donors (Lipinski definition) is 0. The van der Waals surface area contributed by atoms with Gasteiger partial charge in [0.1, 0.15) is 10.8 Å². The quantitative estimate of drug-likeness (QED) is 0.228. The van der Waals surface area contributed by atoms with Crippen LogP contribution in [0.2, 0.25) is 5.02 Å². The lowest BCUT2D eigenvalue weighted by molar-refractivity contribution is -0.384. The second-order valence-electron chi connectivity index (χ2n) is 6.28. The molecule has 156 valence electrons. The van der Waals surface area contributed by atoms with Crippen LogP contribution in [-0.2, 0) is 4.74 Å². The number of Topliss-reactive ketones (excluding diaryl/α,β-unsaturated/α-hetero) is 1. The topological polar surface area (TPSA) is 104 Å². The fourth-order valence-electron chi connectivity index (χ4n) is 2.78. The Hall–Kier alpha value is -3.91. The zero-order valence-corrected chi connectivity index (χ0v) is 16.5. The number of esters is 1. The van der Waals surface area contributed by atoms with E-state index >= 15 is 0 Å². The van der Waals surface area contributed by atoms with Crippen molar-refractivity contribution in [3.8, 4) is 0 Å². The Kier molecular flexibility index (Phi) is 6.52. The molecule has 0 saturated heterocycles. The molecule has 3 aromatic rings. The predicted molar refractivity (Wildman–Crippen MR) is 109 cm³/mol. The molecule has 0 unspecified atom stereocenters. The van der Waals surface area contributed by atoms with E-state index in [2.05, 4.69) is 0 Å². The van der Waals surface area contributed by atoms with Crippen molar-refractivity contribution in [2.24, 2.45) is 0 Å². The molecule has 0 radical (unpaired) electrons. The number of hydrogen-bond acceptors (Lipinski definition) is 6. The van der Waals surface area contributed by atoms with Crippen molar-refractivity contribution >= 4 is 34.8 Å². The van der Waals surface area contributed by atoms with Crippen molar-refractivity contribution in [3.63, 3.8) is 0 Å². The van der Waals surface area contributed by atoms with Gasteiger partial charge in [-0.25, -0.2) is 9.18 Å². The molecule has 0 fully saturated rings. The zero-order valence-electron chi connectivity index (χ0n) is 15.7. The first-order chi connectivity index (χ1) is 14.8. The van der Waals surface area contributed by atoms with E-state index in [0.717, 1.165) is 12.1 Å². The van der Waals surface area contributed by atoms with Crippen LogP contribution < -0.4 is 0 Å². The van der Waals surface area contributed by atoms with Gasteiger partial charge >= 0.3 is 5.97 Å². The van der Waals surface area contributed by atoms with Gasteiger partial charge in [0.05, 0.1) is 16.1 Å². The number of ketones is 2. The average Bonchev–Trinajstić information content (AvgIpc) is 2.77. The van der Waals surface area contributed by atoms with Gasteiger partial charge in [-0.05, 0) is 30.3 Å². The van der Waals surface area contributed by atoms with Crippen LogP contribution in [0.15, 0.2) is 66.7 Å². The van der Waals surface area contributed by atoms with Crippen LogP contribution in [0.5, 0.6) is 0 Å². The molecule has 0 heterocycles. The first-order valence-electron chi connectivity index (χ1n) is 8.82. The minimum atomic E-state index is -0.975. The fourth-order valence-corrected chi connectivity index (χ4v) is 2.97. The number of nitrogens with zero attached hydrogens (tertiary/aromatic N) is 1. The maximum atomic E-state index is 13.7. The van der Waals surface area contributed by atoms with Crippen LogP contribution in [0.3, 0.4) is 0 Å². The fraction of sp³-hybridized carbons (Fsp3) is 0.0455. The highest BCUT2D eigenvalue weighted by Crippen LogP contribution is 2.27. The van der Waals surface area contributed by atoms with E-state index in [4.69, 9.17) is 16.3 Å². The average molecular weight is 442 g/mol. The zero-order chi connectivity index (χ0) is 22.5. The highest BCUT2D eigenvalue weighted by Gasteiger charge is 2.23. The second-order valence-corrected chi connectivity index (χ2v) is 6.68. The van der Waals surface area contributed by atoms with E-state index in [1.165, 1.54) is 54.6 Å². The Bertz CT molecular complexity index is 1210. The summed E-state index contributed by atoms with van der Waals surface area (Å²) in [6, 6.07) is 14.4. The minimum absolute atomic E-state index is 0.0567. The van der Waals surface area contributed by atoms with Crippen LogP contribution in [0.25, 0.3) is 0 Å². The van der Waals surface area contributed by atoms with E-state index in [9.17, 15) is 28.9 Å². The number of carbonyl (C=O) groups is 3. The Labute approximate surface area is 180 Å². The Morgan fingerprint density at radius 1 is 0.935 bits per heavy atom. The lowest BCUT2D eigenvalue weighted by Gasteiger charge is -2.09. The largest absolute Gasteiger partial charge is 0.454 e. The number of halogens is 2. The van der Waals surface area contributed by atoms with Gasteiger partial charge in [-0.15, -0.1) is 0 Å². The Balaban J connectivity index is 1.83. The minimum Gasteiger partial charge on any atom is -0.454 e. The number of benzene rings is 3. The van der Waals surface area contributed by atoms with Gasteiger partial charge in [0.15, 0.2) is 12.4 Å². The summed E-state index contributed by atoms with van der Waals surface area (Å²) in [6.45, 7) is -0.727. The van der Waals surface area contributed by atoms with Gasteiger partial charge in [-0.2, -0.15) is 0 Å². The highest BCUT2D eigenvalue weighted by molar-refractivity contribution is 6.33. The Morgan fingerprint density at radius 3 is 2.19 bits per heavy atom. The lowest BCUT2D eigenvalue weighted by atomic mass is 9.98. The highest BCUT2D eigenvalue weighted by atomic mass is 35.5. The standard InChI is InChI=1S/C22H13ClFNO6/c23-17-10-9-13(11-19(17)25(29)30)21(27)14-5-1-2-6-15(14)22(28)31-12-20(26)16-7-3-4-8-18(16)24/h1-11H,12H2. The number of rotatable bonds is 7. The molecule has 0 spiro atoms. The number of carbonyl (C=O) groups excluding carboxylic acids is 3. The lowest BCUT2D eigenvalue weighted by Crippen LogP contribution is -2.18. The number of ether oxygens (including phenoxy) is 1. The van der Waals surface area contributed by atoms with Crippen molar-refractivity contribution in [1.82, 2.24) is 0 Å². The van der Waals surface area contributed by atoms with Crippen LogP contribution in [-0.4, -0.2) is 29.1 Å². The van der Waals surface area contributed by atoms with Gasteiger partial charge in [-0.3, -0.25) is 19.7 Å². The first kappa shape index (κ1) is 21.8. The molecule has 0 aromatic heterocycles. The maximum absolute atomic E-state index is 13.7. The summed E-state index contributed by atoms with van der Waals surface area (Å²) >= 11 is 5.77. The van der Waals surface area contributed by atoms with Crippen molar-refractivity contribution in [2.75, 3.05) is 6.61 Å². The third-order valence-electron chi connectivity index (χ3n) is 4.31. The van der Waals surface area contributed by atoms with E-state index < -0.39 is 40.6 Å². The predicted octanol–water partition coefficient (Wildman–Crippen LogP) is 4.66. The molecule has 0 atom stereocenters. The molecule has 3 aromatic carbocycles. The SMILES string of the molecule is O=C(COC(=O)c1ccccc1C(=O)c1ccc(Cl)c([N+](=O)[O-])c1)c1ccccc1F.